The fraction of sp³-hybridized carbons (Fsp3) is 0.367. The van der Waals surface area contributed by atoms with Crippen LogP contribution in [0, 0.1) is 0 Å². The highest BCUT2D eigenvalue weighted by molar-refractivity contribution is 6.60. The predicted molar refractivity (Wildman–Crippen MR) is 150 cm³/mol. The van der Waals surface area contributed by atoms with E-state index in [-0.39, 0.29) is 12.6 Å². The number of benzene rings is 3. The molecule has 3 rings (SSSR count). The smallest absolute Gasteiger partial charge is 0.461 e. The molecule has 198 valence electrons. The molecule has 0 aliphatic heterocycles. The van der Waals surface area contributed by atoms with E-state index in [1.807, 2.05) is 69.3 Å². The summed E-state index contributed by atoms with van der Waals surface area (Å²) in [7, 11) is -2.66. The van der Waals surface area contributed by atoms with Crippen molar-refractivity contribution in [2.45, 2.75) is 52.7 Å². The summed E-state index contributed by atoms with van der Waals surface area (Å²) in [4.78, 5) is 14.6. The van der Waals surface area contributed by atoms with Crippen molar-refractivity contribution in [2.75, 3.05) is 24.7 Å². The monoisotopic (exact) mass is 521 g/mol. The number of hydrogen-bond donors (Lipinski definition) is 0. The van der Waals surface area contributed by atoms with E-state index in [4.69, 9.17) is 18.0 Å². The summed E-state index contributed by atoms with van der Waals surface area (Å²) in [6.45, 7) is 7.77. The summed E-state index contributed by atoms with van der Waals surface area (Å²) >= 11 is 0. The Balaban J connectivity index is 1.52. The maximum Gasteiger partial charge on any atom is 0.500 e. The van der Waals surface area contributed by atoms with E-state index >= 15 is 0 Å². The zero-order chi connectivity index (χ0) is 26.3. The molecule has 0 spiro atoms. The SMILES string of the molecule is CCO[Si](CCCCC(=O)OCc1ccc(N(c2ccccc2)c2ccccc2)cc1)(OCC)OCC. The highest BCUT2D eigenvalue weighted by Gasteiger charge is 2.39. The van der Waals surface area contributed by atoms with E-state index in [0.717, 1.165) is 29.0 Å². The summed E-state index contributed by atoms with van der Waals surface area (Å²) in [6.07, 6.45) is 1.87. The lowest BCUT2D eigenvalue weighted by molar-refractivity contribution is -0.145. The molecule has 3 aromatic carbocycles. The van der Waals surface area contributed by atoms with Gasteiger partial charge in [0, 0.05) is 49.3 Å². The number of hydrogen-bond acceptors (Lipinski definition) is 6. The largest absolute Gasteiger partial charge is 0.500 e. The minimum absolute atomic E-state index is 0.198. The summed E-state index contributed by atoms with van der Waals surface area (Å²) in [5.74, 6) is -0.198. The molecular weight excluding hydrogens is 482 g/mol. The average molecular weight is 522 g/mol. The van der Waals surface area contributed by atoms with Crippen molar-refractivity contribution >= 4 is 31.8 Å². The molecule has 0 aliphatic carbocycles. The fourth-order valence-electron chi connectivity index (χ4n) is 4.19. The van der Waals surface area contributed by atoms with E-state index in [0.29, 0.717) is 38.7 Å². The van der Waals surface area contributed by atoms with Crippen LogP contribution in [0.1, 0.15) is 45.6 Å². The minimum atomic E-state index is -2.66. The van der Waals surface area contributed by atoms with E-state index in [2.05, 4.69) is 41.3 Å². The first-order chi connectivity index (χ1) is 18.1. The molecule has 0 amide bonds. The summed E-state index contributed by atoms with van der Waals surface area (Å²) in [5, 5.41) is 0. The molecule has 0 atom stereocenters. The Kier molecular flexibility index (Phi) is 11.8. The molecule has 7 heteroatoms. The second-order valence-electron chi connectivity index (χ2n) is 8.52. The first-order valence-corrected chi connectivity index (χ1v) is 15.1. The molecule has 3 aromatic rings. The standard InChI is InChI=1S/C30H39NO5Si/c1-4-34-37(35-5-2,36-6-3)24-14-13-19-30(32)33-25-26-20-22-29(23-21-26)31(27-15-9-7-10-16-27)28-17-11-8-12-18-28/h7-12,15-18,20-23H,4-6,13-14,19,24-25H2,1-3H3. The van der Waals surface area contributed by atoms with Gasteiger partial charge in [-0.1, -0.05) is 48.5 Å². The molecule has 6 nitrogen and oxygen atoms in total. The number of esters is 1. The van der Waals surface area contributed by atoms with Crippen LogP contribution in [0.25, 0.3) is 0 Å². The Hall–Kier alpha value is -2.97. The normalized spacial score (nSPS) is 11.3. The summed E-state index contributed by atoms with van der Waals surface area (Å²) < 4.78 is 23.2. The second kappa shape index (κ2) is 15.3. The van der Waals surface area contributed by atoms with Crippen molar-refractivity contribution in [3.8, 4) is 0 Å². The molecule has 0 aromatic heterocycles. The zero-order valence-corrected chi connectivity index (χ0v) is 23.2. The number of nitrogens with zero attached hydrogens (tertiary/aromatic N) is 1. The van der Waals surface area contributed by atoms with Crippen LogP contribution in [0.4, 0.5) is 17.1 Å². The topological polar surface area (TPSA) is 57.2 Å². The third kappa shape index (κ3) is 8.82. The second-order valence-corrected chi connectivity index (χ2v) is 11.3. The Morgan fingerprint density at radius 1 is 0.676 bits per heavy atom. The van der Waals surface area contributed by atoms with Crippen LogP contribution in [-0.2, 0) is 29.4 Å². The van der Waals surface area contributed by atoms with Gasteiger partial charge in [-0.2, -0.15) is 0 Å². The highest BCUT2D eigenvalue weighted by Crippen LogP contribution is 2.34. The zero-order valence-electron chi connectivity index (χ0n) is 22.2. The molecule has 37 heavy (non-hydrogen) atoms. The van der Waals surface area contributed by atoms with Crippen molar-refractivity contribution in [3.63, 3.8) is 0 Å². The Morgan fingerprint density at radius 2 is 1.16 bits per heavy atom. The quantitative estimate of drug-likeness (QED) is 0.111. The molecule has 0 radical (unpaired) electrons. The van der Waals surface area contributed by atoms with Crippen LogP contribution in [0.2, 0.25) is 6.04 Å². The number of ether oxygens (including phenoxy) is 1. The summed E-state index contributed by atoms with van der Waals surface area (Å²) in [6, 6.07) is 29.4. The lowest BCUT2D eigenvalue weighted by Gasteiger charge is -2.28. The van der Waals surface area contributed by atoms with E-state index in [1.54, 1.807) is 0 Å². The number of anilines is 3. The number of carbonyl (C=O) groups is 1. The summed E-state index contributed by atoms with van der Waals surface area (Å²) in [5.41, 5.74) is 4.16. The molecule has 0 heterocycles. The van der Waals surface area contributed by atoms with Crippen LogP contribution in [-0.4, -0.2) is 34.6 Å². The van der Waals surface area contributed by atoms with Crippen LogP contribution >= 0.6 is 0 Å². The number of carbonyl (C=O) groups excluding carboxylic acids is 1. The van der Waals surface area contributed by atoms with Crippen LogP contribution < -0.4 is 4.90 Å². The van der Waals surface area contributed by atoms with Gasteiger partial charge >= 0.3 is 14.8 Å². The number of unbranched alkanes of at least 4 members (excludes halogenated alkanes) is 1. The molecule has 0 aliphatic rings. The lowest BCUT2D eigenvalue weighted by atomic mass is 10.1. The van der Waals surface area contributed by atoms with Crippen molar-refractivity contribution in [1.29, 1.82) is 0 Å². The fourth-order valence-corrected chi connectivity index (χ4v) is 6.88. The van der Waals surface area contributed by atoms with Gasteiger partial charge in [-0.3, -0.25) is 4.79 Å². The van der Waals surface area contributed by atoms with E-state index in [1.165, 1.54) is 0 Å². The minimum Gasteiger partial charge on any atom is -0.461 e. The van der Waals surface area contributed by atoms with Crippen molar-refractivity contribution in [3.05, 3.63) is 90.5 Å². The average Bonchev–Trinajstić information content (AvgIpc) is 2.92. The van der Waals surface area contributed by atoms with Gasteiger partial charge < -0.3 is 22.9 Å². The molecule has 0 saturated carbocycles. The molecular formula is C30H39NO5Si. The van der Waals surface area contributed by atoms with Crippen molar-refractivity contribution in [1.82, 2.24) is 0 Å². The molecule has 0 fully saturated rings. The van der Waals surface area contributed by atoms with Gasteiger partial charge in [0.1, 0.15) is 6.61 Å². The molecule has 0 N–H and O–H groups in total. The van der Waals surface area contributed by atoms with Crippen LogP contribution in [0.15, 0.2) is 84.9 Å². The van der Waals surface area contributed by atoms with Crippen molar-refractivity contribution < 1.29 is 22.8 Å². The van der Waals surface area contributed by atoms with Gasteiger partial charge in [-0.25, -0.2) is 0 Å². The van der Waals surface area contributed by atoms with Crippen LogP contribution in [0.5, 0.6) is 0 Å². The van der Waals surface area contributed by atoms with Gasteiger partial charge in [0.25, 0.3) is 0 Å². The first kappa shape index (κ1) is 28.6. The number of para-hydroxylation sites is 2. The first-order valence-electron chi connectivity index (χ1n) is 13.2. The third-order valence-corrected chi connectivity index (χ3v) is 8.98. The molecule has 0 bridgehead atoms. The maximum atomic E-state index is 12.4. The van der Waals surface area contributed by atoms with Gasteiger partial charge in [-0.05, 0) is 75.6 Å². The third-order valence-electron chi connectivity index (χ3n) is 5.83. The van der Waals surface area contributed by atoms with E-state index in [9.17, 15) is 4.79 Å². The van der Waals surface area contributed by atoms with Gasteiger partial charge in [0.15, 0.2) is 0 Å². The Labute approximate surface area is 222 Å². The Morgan fingerprint density at radius 3 is 1.65 bits per heavy atom. The predicted octanol–water partition coefficient (Wildman–Crippen LogP) is 7.42. The molecule has 0 unspecified atom stereocenters. The van der Waals surface area contributed by atoms with Gasteiger partial charge in [-0.15, -0.1) is 0 Å². The molecule has 0 saturated heterocycles. The maximum absolute atomic E-state index is 12.4. The lowest BCUT2D eigenvalue weighted by Crippen LogP contribution is -2.45. The number of rotatable bonds is 16. The van der Waals surface area contributed by atoms with Crippen molar-refractivity contribution in [2.24, 2.45) is 0 Å². The van der Waals surface area contributed by atoms with Crippen LogP contribution in [0.3, 0.4) is 0 Å². The van der Waals surface area contributed by atoms with Gasteiger partial charge in [0.2, 0.25) is 0 Å². The highest BCUT2D eigenvalue weighted by atomic mass is 28.4. The Bertz CT molecular complexity index is 990. The van der Waals surface area contributed by atoms with E-state index < -0.39 is 8.80 Å². The van der Waals surface area contributed by atoms with Gasteiger partial charge in [0.05, 0.1) is 0 Å².